The van der Waals surface area contributed by atoms with Gasteiger partial charge in [0.2, 0.25) is 0 Å². The SMILES string of the molecule is C[Te](C)(I)Cc1ccccc1C[Te](C)(C)I. The van der Waals surface area contributed by atoms with Crippen LogP contribution in [0.3, 0.4) is 0 Å². The van der Waals surface area contributed by atoms with Crippen molar-refractivity contribution in [1.29, 1.82) is 0 Å². The van der Waals surface area contributed by atoms with Gasteiger partial charge in [0.25, 0.3) is 0 Å². The van der Waals surface area contributed by atoms with Gasteiger partial charge in [-0.15, -0.1) is 0 Å². The van der Waals surface area contributed by atoms with Crippen LogP contribution in [0.2, 0.25) is 19.9 Å². The van der Waals surface area contributed by atoms with Crippen molar-refractivity contribution in [2.75, 3.05) is 0 Å². The van der Waals surface area contributed by atoms with E-state index in [0.29, 0.717) is 0 Å². The topological polar surface area (TPSA) is 0 Å². The van der Waals surface area contributed by atoms with Crippen molar-refractivity contribution in [1.82, 2.24) is 0 Å². The van der Waals surface area contributed by atoms with Gasteiger partial charge in [0.05, 0.1) is 0 Å². The van der Waals surface area contributed by atoms with Crippen LogP contribution >= 0.6 is 37.4 Å². The molecule has 16 heavy (non-hydrogen) atoms. The van der Waals surface area contributed by atoms with Crippen LogP contribution in [0.5, 0.6) is 0 Å². The minimum atomic E-state index is -1.52. The average molecular weight is 673 g/mol. The third kappa shape index (κ3) is 7.00. The van der Waals surface area contributed by atoms with E-state index in [1.165, 1.54) is 8.94 Å². The van der Waals surface area contributed by atoms with Crippen LogP contribution < -0.4 is 0 Å². The van der Waals surface area contributed by atoms with Crippen molar-refractivity contribution >= 4 is 65.9 Å². The predicted octanol–water partition coefficient (Wildman–Crippen LogP) is 5.13. The summed E-state index contributed by atoms with van der Waals surface area (Å²) < 4.78 is 2.74. The summed E-state index contributed by atoms with van der Waals surface area (Å²) in [5.74, 6) is 0. The van der Waals surface area contributed by atoms with Gasteiger partial charge < -0.3 is 0 Å². The molecule has 1 rings (SSSR count). The third-order valence-electron chi connectivity index (χ3n) is 2.12. The van der Waals surface area contributed by atoms with E-state index in [2.05, 4.69) is 81.5 Å². The fourth-order valence-electron chi connectivity index (χ4n) is 1.58. The van der Waals surface area contributed by atoms with Crippen molar-refractivity contribution < 1.29 is 0 Å². The molecular weight excluding hydrogens is 653 g/mol. The van der Waals surface area contributed by atoms with Crippen molar-refractivity contribution in [3.63, 3.8) is 0 Å². The zero-order chi connectivity index (χ0) is 12.4. The first-order valence-electron chi connectivity index (χ1n) is 5.05. The van der Waals surface area contributed by atoms with E-state index in [0.717, 1.165) is 0 Å². The second-order valence-electron chi connectivity index (χ2n) is 4.86. The number of hydrogen-bond donors (Lipinski definition) is 0. The quantitative estimate of drug-likeness (QED) is 0.308. The Bertz CT molecular complexity index is 316. The van der Waals surface area contributed by atoms with Crippen LogP contribution in [0.15, 0.2) is 24.3 Å². The monoisotopic (exact) mass is 678 g/mol. The Kier molecular flexibility index (Phi) is 6.75. The summed E-state index contributed by atoms with van der Waals surface area (Å²) in [6, 6.07) is 9.12. The van der Waals surface area contributed by atoms with Crippen molar-refractivity contribution in [2.45, 2.75) is 28.8 Å². The van der Waals surface area contributed by atoms with Crippen LogP contribution in [-0.4, -0.2) is 28.5 Å². The Hall–Kier alpha value is 2.26. The number of rotatable bonds is 4. The van der Waals surface area contributed by atoms with Crippen LogP contribution in [0.25, 0.3) is 0 Å². The zero-order valence-electron chi connectivity index (χ0n) is 10.3. The molecule has 0 aliphatic rings. The fourth-order valence-corrected chi connectivity index (χ4v) is 11.9. The molecule has 0 fully saturated rings. The van der Waals surface area contributed by atoms with Gasteiger partial charge in [-0.2, -0.15) is 0 Å². The van der Waals surface area contributed by atoms with E-state index >= 15 is 0 Å². The zero-order valence-corrected chi connectivity index (χ0v) is 19.3. The van der Waals surface area contributed by atoms with Crippen LogP contribution in [0, 0.1) is 0 Å². The summed E-state index contributed by atoms with van der Waals surface area (Å²) in [5.41, 5.74) is 3.28. The first-order chi connectivity index (χ1) is 7.17. The van der Waals surface area contributed by atoms with Gasteiger partial charge >= 0.3 is 130 Å². The van der Waals surface area contributed by atoms with E-state index in [9.17, 15) is 0 Å². The van der Waals surface area contributed by atoms with E-state index in [4.69, 9.17) is 0 Å². The molecule has 0 saturated carbocycles. The summed E-state index contributed by atoms with van der Waals surface area (Å²) in [7, 11) is 0. The summed E-state index contributed by atoms with van der Waals surface area (Å²) in [6.07, 6.45) is 0. The van der Waals surface area contributed by atoms with Gasteiger partial charge in [-0.3, -0.25) is 0 Å². The Morgan fingerprint density at radius 2 is 1.12 bits per heavy atom. The normalized spacial score (nSPS) is 14.9. The Labute approximate surface area is 127 Å². The molecule has 0 amide bonds. The second-order valence-corrected chi connectivity index (χ2v) is 54.5. The van der Waals surface area contributed by atoms with Gasteiger partial charge in [0.1, 0.15) is 0 Å². The predicted molar refractivity (Wildman–Crippen MR) is 96.9 cm³/mol. The molecule has 0 unspecified atom stereocenters. The van der Waals surface area contributed by atoms with Crippen molar-refractivity contribution in [2.24, 2.45) is 0 Å². The van der Waals surface area contributed by atoms with Gasteiger partial charge in [0, 0.05) is 0 Å². The van der Waals surface area contributed by atoms with Crippen molar-refractivity contribution in [3.05, 3.63) is 35.4 Å². The first kappa shape index (κ1) is 16.3. The Morgan fingerprint density at radius 3 is 1.38 bits per heavy atom. The molecule has 0 atom stereocenters. The molecule has 0 aromatic heterocycles. The van der Waals surface area contributed by atoms with Crippen LogP contribution in [0.4, 0.5) is 0 Å². The van der Waals surface area contributed by atoms with Crippen LogP contribution in [0.1, 0.15) is 11.1 Å². The molecular formula is C12H20I2Te2. The molecule has 0 saturated heterocycles. The van der Waals surface area contributed by atoms with E-state index in [-0.39, 0.29) is 0 Å². The number of benzene rings is 1. The van der Waals surface area contributed by atoms with Crippen molar-refractivity contribution in [3.8, 4) is 0 Å². The molecule has 0 radical (unpaired) electrons. The Morgan fingerprint density at radius 1 is 0.812 bits per heavy atom. The standard InChI is InChI=1S/C12H20I2Te2/c1-15(2,13)9-11-7-5-6-8-12(11)10-16(3,4)14/h5-8H,9-10H2,1-4H3. The van der Waals surface area contributed by atoms with E-state index in [1.54, 1.807) is 11.1 Å². The molecule has 94 valence electrons. The maximum atomic E-state index is 2.74. The molecule has 0 heterocycles. The molecule has 0 aliphatic carbocycles. The molecule has 0 bridgehead atoms. The Balaban J connectivity index is 2.92. The average Bonchev–Trinajstić information content (AvgIpc) is 2.03. The van der Waals surface area contributed by atoms with Gasteiger partial charge in [-0.05, 0) is 0 Å². The van der Waals surface area contributed by atoms with Gasteiger partial charge in [-0.1, -0.05) is 0 Å². The molecule has 0 aliphatic heterocycles. The molecule has 1 aromatic carbocycles. The maximum absolute atomic E-state index is 2.74. The molecule has 0 nitrogen and oxygen atoms in total. The van der Waals surface area contributed by atoms with Crippen LogP contribution in [-0.2, 0) is 8.94 Å². The second kappa shape index (κ2) is 6.62. The van der Waals surface area contributed by atoms with Gasteiger partial charge in [-0.25, -0.2) is 0 Å². The minimum absolute atomic E-state index is 1.37. The van der Waals surface area contributed by atoms with E-state index < -0.39 is 28.5 Å². The third-order valence-corrected chi connectivity index (χ3v) is 12.0. The first-order valence-corrected chi connectivity index (χ1v) is 31.2. The molecule has 4 heteroatoms. The summed E-state index contributed by atoms with van der Waals surface area (Å²) in [6.45, 7) is 0. The molecule has 0 N–H and O–H groups in total. The number of hydrogen-bond acceptors (Lipinski definition) is 0. The number of halogens is 2. The fraction of sp³-hybridized carbons (Fsp3) is 0.500. The molecule has 1 aromatic rings. The summed E-state index contributed by atoms with van der Waals surface area (Å²) >= 11 is 2.43. The van der Waals surface area contributed by atoms with E-state index in [1.807, 2.05) is 0 Å². The summed E-state index contributed by atoms with van der Waals surface area (Å²) in [4.78, 5) is 9.99. The molecule has 0 spiro atoms. The van der Waals surface area contributed by atoms with Gasteiger partial charge in [0.15, 0.2) is 0 Å². The summed E-state index contributed by atoms with van der Waals surface area (Å²) in [5, 5.41) is 0.